The Morgan fingerprint density at radius 1 is 1.13 bits per heavy atom. The second kappa shape index (κ2) is 13.0. The molecule has 3 aromatic carbocycles. The van der Waals surface area contributed by atoms with Crippen molar-refractivity contribution in [1.82, 2.24) is 19.8 Å². The lowest BCUT2D eigenvalue weighted by molar-refractivity contribution is -0.131. The molecular formula is C36H36ClFN6O3. The smallest absolute Gasteiger partial charge is 0.319 e. The van der Waals surface area contributed by atoms with E-state index in [0.717, 1.165) is 70.8 Å². The van der Waals surface area contributed by atoms with Crippen LogP contribution in [0.1, 0.15) is 31.2 Å². The number of aromatic nitrogens is 2. The molecule has 0 saturated carbocycles. The van der Waals surface area contributed by atoms with Gasteiger partial charge in [-0.25, -0.2) is 4.39 Å². The molecule has 0 spiro atoms. The number of carbonyl (C=O) groups excluding carboxylic acids is 1. The molecule has 9 nitrogen and oxygen atoms in total. The SMILES string of the molecule is C=C(F)C(=O)N1CCN(c2nc(OC[C@@H]3CCCN3C)nc3cc(-c4cccc5cccc(Cl)c45)c4c(c23)OCCC4)C[C@@H]1CC#N. The van der Waals surface area contributed by atoms with Crippen molar-refractivity contribution in [3.63, 3.8) is 0 Å². The van der Waals surface area contributed by atoms with Gasteiger partial charge in [-0.1, -0.05) is 48.5 Å². The first-order valence-corrected chi connectivity index (χ1v) is 16.5. The normalized spacial score (nSPS) is 19.8. The van der Waals surface area contributed by atoms with E-state index in [4.69, 9.17) is 31.0 Å². The van der Waals surface area contributed by atoms with Crippen molar-refractivity contribution in [2.24, 2.45) is 0 Å². The van der Waals surface area contributed by atoms with Gasteiger partial charge in [-0.3, -0.25) is 4.79 Å². The quantitative estimate of drug-likeness (QED) is 0.214. The zero-order chi connectivity index (χ0) is 32.7. The number of likely N-dealkylation sites (tertiary alicyclic amines) is 1. The van der Waals surface area contributed by atoms with Crippen molar-refractivity contribution in [3.05, 3.63) is 65.5 Å². The molecule has 1 amide bonds. The molecule has 0 unspecified atom stereocenters. The van der Waals surface area contributed by atoms with Gasteiger partial charge < -0.3 is 24.2 Å². The lowest BCUT2D eigenvalue weighted by Crippen LogP contribution is -2.55. The number of hydrogen-bond acceptors (Lipinski definition) is 8. The van der Waals surface area contributed by atoms with E-state index < -0.39 is 17.8 Å². The summed E-state index contributed by atoms with van der Waals surface area (Å²) in [7, 11) is 2.10. The first-order chi connectivity index (χ1) is 22.8. The molecule has 3 aliphatic heterocycles. The monoisotopic (exact) mass is 654 g/mol. The van der Waals surface area contributed by atoms with Crippen LogP contribution in [0.15, 0.2) is 54.9 Å². The minimum absolute atomic E-state index is 0.0382. The van der Waals surface area contributed by atoms with Gasteiger partial charge in [0, 0.05) is 41.6 Å². The molecule has 242 valence electrons. The maximum Gasteiger partial charge on any atom is 0.319 e. The van der Waals surface area contributed by atoms with Crippen LogP contribution < -0.4 is 14.4 Å². The summed E-state index contributed by atoms with van der Waals surface area (Å²) in [6.07, 6.45) is 3.84. The number of ether oxygens (including phenoxy) is 2. The molecule has 0 radical (unpaired) electrons. The molecule has 0 bridgehead atoms. The summed E-state index contributed by atoms with van der Waals surface area (Å²) in [4.78, 5) is 28.3. The number of piperazine rings is 1. The van der Waals surface area contributed by atoms with Gasteiger partial charge in [0.15, 0.2) is 5.83 Å². The first kappa shape index (κ1) is 31.2. The van der Waals surface area contributed by atoms with E-state index in [1.54, 1.807) is 0 Å². The van der Waals surface area contributed by atoms with Crippen molar-refractivity contribution < 1.29 is 18.7 Å². The van der Waals surface area contributed by atoms with Crippen LogP contribution in [-0.4, -0.2) is 84.2 Å². The number of likely N-dealkylation sites (N-methyl/N-ethyl adjacent to an activating group) is 1. The number of fused-ring (bicyclic) bond motifs is 4. The molecule has 7 rings (SSSR count). The Labute approximate surface area is 278 Å². The van der Waals surface area contributed by atoms with E-state index in [9.17, 15) is 14.4 Å². The van der Waals surface area contributed by atoms with Gasteiger partial charge in [-0.05, 0) is 67.9 Å². The fourth-order valence-electron chi connectivity index (χ4n) is 7.26. The zero-order valence-corrected chi connectivity index (χ0v) is 27.1. The molecular weight excluding hydrogens is 619 g/mol. The van der Waals surface area contributed by atoms with Crippen molar-refractivity contribution in [3.8, 4) is 29.0 Å². The Morgan fingerprint density at radius 2 is 1.96 bits per heavy atom. The summed E-state index contributed by atoms with van der Waals surface area (Å²) >= 11 is 6.81. The van der Waals surface area contributed by atoms with Crippen LogP contribution >= 0.6 is 11.6 Å². The van der Waals surface area contributed by atoms with E-state index >= 15 is 0 Å². The van der Waals surface area contributed by atoms with Gasteiger partial charge in [-0.15, -0.1) is 0 Å². The molecule has 0 N–H and O–H groups in total. The van der Waals surface area contributed by atoms with Crippen LogP contribution in [-0.2, 0) is 11.2 Å². The Hall–Kier alpha value is -4.46. The van der Waals surface area contributed by atoms with Gasteiger partial charge in [-0.2, -0.15) is 15.2 Å². The summed E-state index contributed by atoms with van der Waals surface area (Å²) in [5, 5.41) is 13.0. The van der Waals surface area contributed by atoms with Crippen molar-refractivity contribution in [2.45, 2.75) is 44.2 Å². The number of rotatable bonds is 7. The molecule has 1 aromatic heterocycles. The molecule has 0 aliphatic carbocycles. The number of carbonyl (C=O) groups is 1. The second-order valence-electron chi connectivity index (χ2n) is 12.5. The summed E-state index contributed by atoms with van der Waals surface area (Å²) in [5.41, 5.74) is 3.71. The highest BCUT2D eigenvalue weighted by atomic mass is 35.5. The van der Waals surface area contributed by atoms with Crippen molar-refractivity contribution >= 4 is 45.0 Å². The third kappa shape index (κ3) is 5.83. The molecule has 2 saturated heterocycles. The second-order valence-corrected chi connectivity index (χ2v) is 12.9. The first-order valence-electron chi connectivity index (χ1n) is 16.1. The molecule has 2 atom stereocenters. The summed E-state index contributed by atoms with van der Waals surface area (Å²) in [6, 6.07) is 16.3. The summed E-state index contributed by atoms with van der Waals surface area (Å²) in [5.74, 6) is -0.497. The predicted octanol–water partition coefficient (Wildman–Crippen LogP) is 6.32. The van der Waals surface area contributed by atoms with Gasteiger partial charge in [0.05, 0.1) is 36.0 Å². The van der Waals surface area contributed by atoms with E-state index in [1.165, 1.54) is 4.90 Å². The van der Waals surface area contributed by atoms with E-state index in [-0.39, 0.29) is 31.6 Å². The van der Waals surface area contributed by atoms with E-state index in [0.29, 0.717) is 36.1 Å². The van der Waals surface area contributed by atoms with Gasteiger partial charge >= 0.3 is 6.01 Å². The highest BCUT2D eigenvalue weighted by Crippen LogP contribution is 2.46. The predicted molar refractivity (Wildman–Crippen MR) is 181 cm³/mol. The minimum atomic E-state index is -1.04. The van der Waals surface area contributed by atoms with Gasteiger partial charge in [0.2, 0.25) is 0 Å². The largest absolute Gasteiger partial charge is 0.492 e. The molecule has 2 fully saturated rings. The van der Waals surface area contributed by atoms with Crippen LogP contribution in [0, 0.1) is 11.3 Å². The number of anilines is 1. The average Bonchev–Trinajstić information content (AvgIpc) is 3.50. The van der Waals surface area contributed by atoms with Crippen molar-refractivity contribution in [2.75, 3.05) is 51.3 Å². The highest BCUT2D eigenvalue weighted by Gasteiger charge is 2.35. The van der Waals surface area contributed by atoms with E-state index in [1.807, 2.05) is 23.1 Å². The van der Waals surface area contributed by atoms with Gasteiger partial charge in [0.1, 0.15) is 18.2 Å². The number of hydrogen-bond donors (Lipinski definition) is 0. The highest BCUT2D eigenvalue weighted by molar-refractivity contribution is 6.36. The molecule has 11 heteroatoms. The number of benzene rings is 3. The lowest BCUT2D eigenvalue weighted by Gasteiger charge is -2.41. The molecule has 47 heavy (non-hydrogen) atoms. The Kier molecular flexibility index (Phi) is 8.60. The fourth-order valence-corrected chi connectivity index (χ4v) is 7.54. The maximum absolute atomic E-state index is 14.0. The third-order valence-electron chi connectivity index (χ3n) is 9.64. The van der Waals surface area contributed by atoms with Crippen LogP contribution in [0.4, 0.5) is 10.2 Å². The number of nitriles is 1. The summed E-state index contributed by atoms with van der Waals surface area (Å²) < 4.78 is 26.7. The Balaban J connectivity index is 1.39. The minimum Gasteiger partial charge on any atom is -0.492 e. The Morgan fingerprint density at radius 3 is 2.72 bits per heavy atom. The van der Waals surface area contributed by atoms with Crippen LogP contribution in [0.3, 0.4) is 0 Å². The molecule has 3 aliphatic rings. The number of halogens is 2. The number of amides is 1. The standard InChI is InChI=1S/C36H36ClFN6O3/c1-22(38)35(45)44-17-16-43(20-24(44)13-14-39)34-32-30(40-36(41-34)47-21-25-9-5-15-42(25)2)19-28(27-11-6-18-46-33(27)32)26-10-3-7-23-8-4-12-29(37)31(23)26/h3-4,7-8,10,12,19,24-25H,1,5-6,9,11,13,15-18,20-21H2,2H3/t24-,25-/m0/s1. The van der Waals surface area contributed by atoms with Gasteiger partial charge in [0.25, 0.3) is 5.91 Å². The van der Waals surface area contributed by atoms with Crippen molar-refractivity contribution in [1.29, 1.82) is 5.26 Å². The number of nitrogens with zero attached hydrogens (tertiary/aromatic N) is 6. The molecule has 4 aromatic rings. The average molecular weight is 655 g/mol. The van der Waals surface area contributed by atoms with Crippen LogP contribution in [0.5, 0.6) is 11.8 Å². The fraction of sp³-hybridized carbons (Fsp3) is 0.389. The Bertz CT molecular complexity index is 1920. The summed E-state index contributed by atoms with van der Waals surface area (Å²) in [6.45, 7) is 6.07. The van der Waals surface area contributed by atoms with Crippen LogP contribution in [0.2, 0.25) is 5.02 Å². The topological polar surface area (TPSA) is 94.8 Å². The molecule has 4 heterocycles. The maximum atomic E-state index is 14.0. The van der Waals surface area contributed by atoms with Crippen LogP contribution in [0.25, 0.3) is 32.8 Å². The zero-order valence-electron chi connectivity index (χ0n) is 26.3. The lowest BCUT2D eigenvalue weighted by atomic mass is 9.89. The third-order valence-corrected chi connectivity index (χ3v) is 9.96. The van der Waals surface area contributed by atoms with E-state index in [2.05, 4.69) is 48.9 Å².